The van der Waals surface area contributed by atoms with Crippen molar-refractivity contribution in [2.45, 2.75) is 32.2 Å². The minimum atomic E-state index is -4.31. The van der Waals surface area contributed by atoms with Gasteiger partial charge in [-0.05, 0) is 30.7 Å². The molecule has 1 aliphatic heterocycles. The van der Waals surface area contributed by atoms with Crippen LogP contribution in [0.4, 0.5) is 18.0 Å². The molecule has 0 aromatic heterocycles. The van der Waals surface area contributed by atoms with Crippen molar-refractivity contribution in [3.05, 3.63) is 35.9 Å². The Hall–Kier alpha value is -2.29. The number of hydrogen-bond donors (Lipinski definition) is 1. The Morgan fingerprint density at radius 3 is 2.48 bits per heavy atom. The van der Waals surface area contributed by atoms with Crippen LogP contribution in [0.5, 0.6) is 0 Å². The molecule has 29 heavy (non-hydrogen) atoms. The van der Waals surface area contributed by atoms with Crippen molar-refractivity contribution < 1.29 is 32.2 Å². The smallest absolute Gasteiger partial charge is 0.407 e. The second-order valence-electron chi connectivity index (χ2n) is 7.57. The first-order chi connectivity index (χ1) is 13.8. The molecule has 0 spiro atoms. The van der Waals surface area contributed by atoms with Crippen molar-refractivity contribution in [1.82, 2.24) is 10.2 Å². The lowest BCUT2D eigenvalue weighted by Gasteiger charge is -2.32. The number of carbonyl (C=O) groups is 2. The molecule has 2 bridgehead atoms. The van der Waals surface area contributed by atoms with Crippen LogP contribution in [0, 0.1) is 17.8 Å². The first-order valence-corrected chi connectivity index (χ1v) is 9.69. The molecule has 1 amide bonds. The maximum absolute atomic E-state index is 12.8. The first-order valence-electron chi connectivity index (χ1n) is 9.69. The van der Waals surface area contributed by atoms with E-state index in [0.29, 0.717) is 6.42 Å². The van der Waals surface area contributed by atoms with Crippen LogP contribution in [0.15, 0.2) is 30.3 Å². The summed E-state index contributed by atoms with van der Waals surface area (Å²) in [5.41, 5.74) is 0.811. The van der Waals surface area contributed by atoms with Gasteiger partial charge in [0.1, 0.15) is 6.61 Å². The highest BCUT2D eigenvalue weighted by molar-refractivity contribution is 5.76. The molecular weight excluding hydrogens is 389 g/mol. The minimum absolute atomic E-state index is 0.0672. The topological polar surface area (TPSA) is 67.9 Å². The SMILES string of the molecule is CCOC(=O)[C@H]1[C@@H]2C[C@@H](CN(CC(F)(F)F)C2)[C@H]1NC(=O)OCc1ccccc1. The summed E-state index contributed by atoms with van der Waals surface area (Å²) in [6.07, 6.45) is -4.43. The second-order valence-corrected chi connectivity index (χ2v) is 7.57. The number of piperidine rings is 1. The summed E-state index contributed by atoms with van der Waals surface area (Å²) in [5, 5.41) is 2.72. The Bertz CT molecular complexity index is 713. The number of alkyl carbamates (subject to hydrolysis) is 1. The molecule has 2 aliphatic rings. The summed E-state index contributed by atoms with van der Waals surface area (Å²) in [4.78, 5) is 26.1. The van der Waals surface area contributed by atoms with Crippen molar-refractivity contribution in [2.75, 3.05) is 26.2 Å². The van der Waals surface area contributed by atoms with Gasteiger partial charge in [-0.3, -0.25) is 9.69 Å². The van der Waals surface area contributed by atoms with Gasteiger partial charge in [0.15, 0.2) is 0 Å². The van der Waals surface area contributed by atoms with Gasteiger partial charge in [0.25, 0.3) is 0 Å². The zero-order chi connectivity index (χ0) is 21.0. The minimum Gasteiger partial charge on any atom is -0.466 e. The van der Waals surface area contributed by atoms with E-state index in [0.717, 1.165) is 5.56 Å². The van der Waals surface area contributed by atoms with Gasteiger partial charge in [-0.25, -0.2) is 4.79 Å². The third kappa shape index (κ3) is 5.62. The lowest BCUT2D eigenvalue weighted by atomic mass is 9.93. The van der Waals surface area contributed by atoms with Crippen molar-refractivity contribution in [3.8, 4) is 0 Å². The van der Waals surface area contributed by atoms with Crippen LogP contribution in [0.3, 0.4) is 0 Å². The normalized spacial score (nSPS) is 26.8. The lowest BCUT2D eigenvalue weighted by Crippen LogP contribution is -2.46. The molecule has 2 fully saturated rings. The molecule has 160 valence electrons. The third-order valence-electron chi connectivity index (χ3n) is 5.45. The van der Waals surface area contributed by atoms with Crippen molar-refractivity contribution >= 4 is 12.1 Å². The largest absolute Gasteiger partial charge is 0.466 e. The van der Waals surface area contributed by atoms with E-state index in [-0.39, 0.29) is 38.1 Å². The summed E-state index contributed by atoms with van der Waals surface area (Å²) in [7, 11) is 0. The van der Waals surface area contributed by atoms with Crippen LogP contribution in [0.2, 0.25) is 0 Å². The van der Waals surface area contributed by atoms with Crippen LogP contribution in [0.25, 0.3) is 0 Å². The number of fused-ring (bicyclic) bond motifs is 2. The Balaban J connectivity index is 1.67. The molecule has 1 N–H and O–H groups in total. The molecule has 1 saturated heterocycles. The molecule has 1 aromatic carbocycles. The zero-order valence-electron chi connectivity index (χ0n) is 16.2. The second kappa shape index (κ2) is 9.02. The predicted octanol–water partition coefficient (Wildman–Crippen LogP) is 2.97. The van der Waals surface area contributed by atoms with Gasteiger partial charge >= 0.3 is 18.2 Å². The van der Waals surface area contributed by atoms with E-state index in [1.807, 2.05) is 30.3 Å². The van der Waals surface area contributed by atoms with E-state index in [9.17, 15) is 22.8 Å². The highest BCUT2D eigenvalue weighted by Gasteiger charge is 2.53. The molecule has 1 aliphatic carbocycles. The summed E-state index contributed by atoms with van der Waals surface area (Å²) < 4.78 is 48.9. The van der Waals surface area contributed by atoms with E-state index in [1.54, 1.807) is 6.92 Å². The molecular formula is C20H25F3N2O4. The van der Waals surface area contributed by atoms with E-state index in [1.165, 1.54) is 4.90 Å². The molecule has 9 heteroatoms. The number of carbonyl (C=O) groups excluding carboxylic acids is 2. The highest BCUT2D eigenvalue weighted by Crippen LogP contribution is 2.42. The molecule has 4 atom stereocenters. The van der Waals surface area contributed by atoms with Crippen LogP contribution in [0.1, 0.15) is 18.9 Å². The Kier molecular flexibility index (Phi) is 6.66. The van der Waals surface area contributed by atoms with Crippen molar-refractivity contribution in [2.24, 2.45) is 17.8 Å². The fourth-order valence-electron chi connectivity index (χ4n) is 4.45. The van der Waals surface area contributed by atoms with Gasteiger partial charge in [-0.2, -0.15) is 13.2 Å². The maximum atomic E-state index is 12.8. The monoisotopic (exact) mass is 414 g/mol. The summed E-state index contributed by atoms with van der Waals surface area (Å²) in [6.45, 7) is 1.19. The third-order valence-corrected chi connectivity index (χ3v) is 5.45. The van der Waals surface area contributed by atoms with Gasteiger partial charge in [0.05, 0.1) is 19.1 Å². The Morgan fingerprint density at radius 2 is 1.83 bits per heavy atom. The summed E-state index contributed by atoms with van der Waals surface area (Å²) in [5.74, 6) is -1.73. The van der Waals surface area contributed by atoms with E-state index >= 15 is 0 Å². The Labute approximate surface area is 167 Å². The average Bonchev–Trinajstić information content (AvgIpc) is 2.89. The Morgan fingerprint density at radius 1 is 1.14 bits per heavy atom. The molecule has 1 heterocycles. The number of nitrogens with one attached hydrogen (secondary N) is 1. The van der Waals surface area contributed by atoms with E-state index in [4.69, 9.17) is 9.47 Å². The van der Waals surface area contributed by atoms with E-state index < -0.39 is 36.7 Å². The zero-order valence-corrected chi connectivity index (χ0v) is 16.2. The van der Waals surface area contributed by atoms with Crippen LogP contribution >= 0.6 is 0 Å². The molecule has 1 aromatic rings. The molecule has 6 nitrogen and oxygen atoms in total. The maximum Gasteiger partial charge on any atom is 0.407 e. The van der Waals surface area contributed by atoms with Gasteiger partial charge in [-0.1, -0.05) is 30.3 Å². The number of esters is 1. The molecule has 1 saturated carbocycles. The number of amides is 1. The molecule has 0 unspecified atom stereocenters. The van der Waals surface area contributed by atoms with Crippen molar-refractivity contribution in [1.29, 1.82) is 0 Å². The van der Waals surface area contributed by atoms with Crippen LogP contribution in [-0.4, -0.2) is 55.4 Å². The molecule has 0 radical (unpaired) electrons. The number of likely N-dealkylation sites (tertiary alicyclic amines) is 1. The fourth-order valence-corrected chi connectivity index (χ4v) is 4.45. The quantitative estimate of drug-likeness (QED) is 0.725. The number of nitrogens with zero attached hydrogens (tertiary/aromatic N) is 1. The number of ether oxygens (including phenoxy) is 2. The highest BCUT2D eigenvalue weighted by atomic mass is 19.4. The van der Waals surface area contributed by atoms with Crippen LogP contribution in [-0.2, 0) is 20.9 Å². The summed E-state index contributed by atoms with van der Waals surface area (Å²) in [6, 6.07) is 8.50. The summed E-state index contributed by atoms with van der Waals surface area (Å²) >= 11 is 0. The van der Waals surface area contributed by atoms with Gasteiger partial charge < -0.3 is 14.8 Å². The van der Waals surface area contributed by atoms with Crippen LogP contribution < -0.4 is 5.32 Å². The number of rotatable bonds is 6. The van der Waals surface area contributed by atoms with Crippen molar-refractivity contribution in [3.63, 3.8) is 0 Å². The average molecular weight is 414 g/mol. The number of benzene rings is 1. The van der Waals surface area contributed by atoms with Gasteiger partial charge in [-0.15, -0.1) is 0 Å². The number of alkyl halides is 3. The number of halogens is 3. The predicted molar refractivity (Wildman–Crippen MR) is 97.8 cm³/mol. The standard InChI is InChI=1S/C20H25F3N2O4/c1-2-28-18(26)16-14-8-15(10-25(9-14)12-20(21,22)23)17(16)24-19(27)29-11-13-6-4-3-5-7-13/h3-7,14-17H,2,8-12H2,1H3,(H,24,27)/t14-,15+,16+,17-/m1/s1. The molecule has 3 rings (SSSR count). The fraction of sp³-hybridized carbons (Fsp3) is 0.600. The first kappa shape index (κ1) is 21.4. The van der Waals surface area contributed by atoms with E-state index in [2.05, 4.69) is 5.32 Å². The lowest BCUT2D eigenvalue weighted by molar-refractivity contribution is -0.152. The van der Waals surface area contributed by atoms with Gasteiger partial charge in [0, 0.05) is 19.1 Å². The van der Waals surface area contributed by atoms with Gasteiger partial charge in [0.2, 0.25) is 0 Å². The number of hydrogen-bond acceptors (Lipinski definition) is 5.